The second-order valence-corrected chi connectivity index (χ2v) is 13.1. The summed E-state index contributed by atoms with van der Waals surface area (Å²) in [5.41, 5.74) is 2.62. The molecule has 6 nitrogen and oxygen atoms in total. The quantitative estimate of drug-likeness (QED) is 0.0987. The highest BCUT2D eigenvalue weighted by molar-refractivity contribution is 14.1. The topological polar surface area (TPSA) is 77.1 Å². The molecule has 9 aromatic rings. The normalized spacial score (nSPS) is 12.4. The fourth-order valence-electron chi connectivity index (χ4n) is 6.79. The molecule has 0 radical (unpaired) electrons. The van der Waals surface area contributed by atoms with Gasteiger partial charge in [0.25, 0.3) is 0 Å². The van der Waals surface area contributed by atoms with Gasteiger partial charge < -0.3 is 8.80 Å². The molecule has 5 aromatic carbocycles. The molecule has 0 unspecified atom stereocenters. The highest BCUT2D eigenvalue weighted by atomic mass is 127. The SMILES string of the molecule is O=c1c2ccccc2n2c3ccc4c(=O)c5cc(I)cc6c(=O)c7ccccc7n(c65)c4c3c(=O)c3cc(I)cc1c32. The summed E-state index contributed by atoms with van der Waals surface area (Å²) < 4.78 is 5.45. The van der Waals surface area contributed by atoms with E-state index in [4.69, 9.17) is 0 Å². The second kappa shape index (κ2) is 8.23. The van der Waals surface area contributed by atoms with Crippen molar-refractivity contribution in [1.82, 2.24) is 8.80 Å². The van der Waals surface area contributed by atoms with Gasteiger partial charge in [-0.25, -0.2) is 0 Å². The lowest BCUT2D eigenvalue weighted by molar-refractivity contribution is 1.29. The molecule has 198 valence electrons. The number of hydrogen-bond acceptors (Lipinski definition) is 4. The number of aromatic nitrogens is 2. The number of hydrogen-bond donors (Lipinski definition) is 0. The van der Waals surface area contributed by atoms with E-state index in [9.17, 15) is 19.2 Å². The van der Waals surface area contributed by atoms with E-state index in [1.807, 2.05) is 57.3 Å². The highest BCUT2D eigenvalue weighted by Gasteiger charge is 2.23. The molecule has 0 aliphatic carbocycles. The van der Waals surface area contributed by atoms with Crippen LogP contribution in [-0.2, 0) is 0 Å². The maximum absolute atomic E-state index is 14.7. The zero-order valence-electron chi connectivity index (χ0n) is 21.4. The molecule has 8 heteroatoms. The molecular weight excluding hydrogens is 754 g/mol. The van der Waals surface area contributed by atoms with Crippen molar-refractivity contribution < 1.29 is 0 Å². The molecule has 0 amide bonds. The van der Waals surface area contributed by atoms with Gasteiger partial charge in [0.1, 0.15) is 0 Å². The van der Waals surface area contributed by atoms with Gasteiger partial charge in [-0.05, 0) is 106 Å². The average molecular weight is 768 g/mol. The fraction of sp³-hybridized carbons (Fsp3) is 0. The zero-order chi connectivity index (χ0) is 28.6. The number of para-hydroxylation sites is 2. The van der Waals surface area contributed by atoms with Crippen molar-refractivity contribution in [3.63, 3.8) is 0 Å². The van der Waals surface area contributed by atoms with Crippen LogP contribution < -0.4 is 21.7 Å². The number of fused-ring (bicyclic) bond motifs is 9. The minimum absolute atomic E-state index is 0.127. The number of benzene rings is 5. The summed E-state index contributed by atoms with van der Waals surface area (Å²) in [7, 11) is 0. The summed E-state index contributed by atoms with van der Waals surface area (Å²) >= 11 is 4.27. The molecule has 0 fully saturated rings. The van der Waals surface area contributed by atoms with Crippen molar-refractivity contribution in [3.8, 4) is 0 Å². The maximum atomic E-state index is 14.7. The standard InChI is InChI=1S/C34H14I2N2O4/c35-15-12-21-29-22(13-15)33(41)19-9-10-26-27(30(19)38(29)25-8-4-2-6-18(25)32(21)40)34(42)23-14-16(36)11-20-28(23)37(26)24-7-3-1-5-17(24)31(20)39/h1-14H. The molecule has 0 spiro atoms. The lowest BCUT2D eigenvalue weighted by Gasteiger charge is -2.19. The van der Waals surface area contributed by atoms with Crippen LogP contribution in [0, 0.1) is 7.14 Å². The molecule has 0 saturated heterocycles. The summed E-state index contributed by atoms with van der Waals surface area (Å²) in [5.74, 6) is 0. The Bertz CT molecular complexity index is 2950. The predicted octanol–water partition coefficient (Wildman–Crippen LogP) is 6.64. The Morgan fingerprint density at radius 1 is 0.405 bits per heavy atom. The summed E-state index contributed by atoms with van der Waals surface area (Å²) in [6.07, 6.45) is 0. The number of nitrogens with zero attached hydrogens (tertiary/aromatic N) is 2. The molecule has 0 N–H and O–H groups in total. The second-order valence-electron chi connectivity index (χ2n) is 10.6. The molecule has 0 saturated carbocycles. The van der Waals surface area contributed by atoms with Crippen LogP contribution >= 0.6 is 45.2 Å². The van der Waals surface area contributed by atoms with Crippen molar-refractivity contribution in [1.29, 1.82) is 0 Å². The summed E-state index contributed by atoms with van der Waals surface area (Å²) in [6.45, 7) is 0. The third kappa shape index (κ3) is 2.88. The molecule has 0 aliphatic heterocycles. The molecule has 0 atom stereocenters. The zero-order valence-corrected chi connectivity index (χ0v) is 25.7. The lowest BCUT2D eigenvalue weighted by atomic mass is 9.99. The summed E-state index contributed by atoms with van der Waals surface area (Å²) in [4.78, 5) is 56.2. The first-order valence-corrected chi connectivity index (χ1v) is 15.3. The maximum Gasteiger partial charge on any atom is 0.199 e. The molecular formula is C34H14I2N2O4. The Balaban J connectivity index is 1.75. The first-order valence-electron chi connectivity index (χ1n) is 13.2. The van der Waals surface area contributed by atoms with Gasteiger partial charge in [-0.1, -0.05) is 24.3 Å². The van der Waals surface area contributed by atoms with E-state index in [0.717, 1.165) is 7.14 Å². The van der Waals surface area contributed by atoms with Crippen LogP contribution in [0.1, 0.15) is 0 Å². The minimum Gasteiger partial charge on any atom is -0.307 e. The summed E-state index contributed by atoms with van der Waals surface area (Å²) in [5, 5.41) is 3.55. The van der Waals surface area contributed by atoms with Gasteiger partial charge in [-0.15, -0.1) is 0 Å². The third-order valence-electron chi connectivity index (χ3n) is 8.45. The van der Waals surface area contributed by atoms with Crippen molar-refractivity contribution in [2.45, 2.75) is 0 Å². The van der Waals surface area contributed by atoms with E-state index in [0.29, 0.717) is 76.2 Å². The lowest BCUT2D eigenvalue weighted by Crippen LogP contribution is -2.18. The first kappa shape index (κ1) is 24.4. The fourth-order valence-corrected chi connectivity index (χ4v) is 8.04. The minimum atomic E-state index is -0.266. The van der Waals surface area contributed by atoms with Gasteiger partial charge >= 0.3 is 0 Å². The van der Waals surface area contributed by atoms with Crippen LogP contribution in [0.4, 0.5) is 0 Å². The van der Waals surface area contributed by atoms with E-state index >= 15 is 0 Å². The van der Waals surface area contributed by atoms with E-state index in [1.54, 1.807) is 36.4 Å². The van der Waals surface area contributed by atoms with Crippen LogP contribution in [0.2, 0.25) is 0 Å². The smallest absolute Gasteiger partial charge is 0.199 e. The van der Waals surface area contributed by atoms with Crippen LogP contribution in [0.15, 0.2) is 104 Å². The predicted molar refractivity (Wildman–Crippen MR) is 186 cm³/mol. The van der Waals surface area contributed by atoms with Gasteiger partial charge in [0, 0.05) is 44.8 Å². The van der Waals surface area contributed by atoms with Gasteiger partial charge in [0.2, 0.25) is 0 Å². The largest absolute Gasteiger partial charge is 0.307 e. The van der Waals surface area contributed by atoms with Gasteiger partial charge in [-0.2, -0.15) is 0 Å². The third-order valence-corrected chi connectivity index (χ3v) is 9.69. The number of halogens is 2. The van der Waals surface area contributed by atoms with Crippen LogP contribution in [-0.4, -0.2) is 8.80 Å². The highest BCUT2D eigenvalue weighted by Crippen LogP contribution is 2.34. The molecule has 42 heavy (non-hydrogen) atoms. The molecule has 9 rings (SSSR count). The van der Waals surface area contributed by atoms with E-state index in [2.05, 4.69) is 45.2 Å². The Morgan fingerprint density at radius 2 is 0.857 bits per heavy atom. The van der Waals surface area contributed by atoms with Gasteiger partial charge in [0.05, 0.1) is 38.5 Å². The van der Waals surface area contributed by atoms with E-state index < -0.39 is 0 Å². The van der Waals surface area contributed by atoms with Crippen molar-refractivity contribution in [3.05, 3.63) is 133 Å². The van der Waals surface area contributed by atoms with E-state index in [-0.39, 0.29) is 21.7 Å². The van der Waals surface area contributed by atoms with Crippen molar-refractivity contribution in [2.24, 2.45) is 0 Å². The molecule has 0 bridgehead atoms. The number of rotatable bonds is 0. The molecule has 4 aromatic heterocycles. The Hall–Kier alpha value is -4.16. The van der Waals surface area contributed by atoms with Crippen LogP contribution in [0.25, 0.3) is 76.2 Å². The average Bonchev–Trinajstić information content (AvgIpc) is 3.00. The number of pyridine rings is 4. The Kier molecular flexibility index (Phi) is 4.79. The summed E-state index contributed by atoms with van der Waals surface area (Å²) in [6, 6.07) is 25.5. The van der Waals surface area contributed by atoms with Crippen molar-refractivity contribution in [2.75, 3.05) is 0 Å². The van der Waals surface area contributed by atoms with Crippen LogP contribution in [0.5, 0.6) is 0 Å². The van der Waals surface area contributed by atoms with Gasteiger partial charge in [0.15, 0.2) is 21.7 Å². The monoisotopic (exact) mass is 768 g/mol. The van der Waals surface area contributed by atoms with Gasteiger partial charge in [-0.3, -0.25) is 19.2 Å². The molecule has 0 aliphatic rings. The van der Waals surface area contributed by atoms with Crippen LogP contribution in [0.3, 0.4) is 0 Å². The van der Waals surface area contributed by atoms with E-state index in [1.165, 1.54) is 0 Å². The molecule has 4 heterocycles. The Labute approximate surface area is 261 Å². The van der Waals surface area contributed by atoms with Crippen molar-refractivity contribution >= 4 is 121 Å². The first-order chi connectivity index (χ1) is 20.3. The Morgan fingerprint density at radius 3 is 1.43 bits per heavy atom.